The standard InChI is InChI=1S/C24H28NOPS/c1-24(2,3)28(26)25-23(20-13-7-4-8-14-20)19-27(21-15-9-5-10-16-21)22-17-11-6-12-18-22/h4-18,23,25H,19H2,1-3H3/t23-,28+/m0/s1. The lowest BCUT2D eigenvalue weighted by Crippen LogP contribution is -2.37. The van der Waals surface area contributed by atoms with Crippen LogP contribution in [0, 0.1) is 0 Å². The van der Waals surface area contributed by atoms with Gasteiger partial charge >= 0.3 is 0 Å². The molecule has 0 saturated carbocycles. The summed E-state index contributed by atoms with van der Waals surface area (Å²) in [6.45, 7) is 6.03. The summed E-state index contributed by atoms with van der Waals surface area (Å²) in [5.74, 6) is 0. The molecule has 2 nitrogen and oxygen atoms in total. The Morgan fingerprint density at radius 3 is 1.64 bits per heavy atom. The topological polar surface area (TPSA) is 29.1 Å². The summed E-state index contributed by atoms with van der Waals surface area (Å²) < 4.78 is 16.0. The fourth-order valence-corrected chi connectivity index (χ4v) is 6.37. The van der Waals surface area contributed by atoms with Crippen LogP contribution in [-0.4, -0.2) is 15.1 Å². The molecule has 0 aliphatic rings. The van der Waals surface area contributed by atoms with Gasteiger partial charge in [0.15, 0.2) is 0 Å². The molecule has 0 spiro atoms. The molecule has 0 saturated heterocycles. The van der Waals surface area contributed by atoms with E-state index in [1.54, 1.807) is 0 Å². The van der Waals surface area contributed by atoms with Crippen LogP contribution in [0.3, 0.4) is 0 Å². The largest absolute Gasteiger partial charge is 0.242 e. The fourth-order valence-electron chi connectivity index (χ4n) is 2.96. The average molecular weight is 410 g/mol. The number of hydrogen-bond acceptors (Lipinski definition) is 1. The van der Waals surface area contributed by atoms with E-state index in [2.05, 4.69) is 89.7 Å². The van der Waals surface area contributed by atoms with Crippen molar-refractivity contribution in [1.29, 1.82) is 0 Å². The molecule has 3 aromatic rings. The van der Waals surface area contributed by atoms with Crippen LogP contribution >= 0.6 is 7.92 Å². The van der Waals surface area contributed by atoms with Crippen LogP contribution in [-0.2, 0) is 11.0 Å². The highest BCUT2D eigenvalue weighted by Gasteiger charge is 2.26. The van der Waals surface area contributed by atoms with Crippen molar-refractivity contribution in [3.05, 3.63) is 96.6 Å². The molecule has 0 unspecified atom stereocenters. The van der Waals surface area contributed by atoms with Gasteiger partial charge in [0.05, 0.1) is 15.7 Å². The molecule has 3 aromatic carbocycles. The Hall–Kier alpha value is -1.80. The highest BCUT2D eigenvalue weighted by Crippen LogP contribution is 2.38. The minimum atomic E-state index is -1.14. The molecule has 1 N–H and O–H groups in total. The molecule has 2 atom stereocenters. The third kappa shape index (κ3) is 5.61. The zero-order valence-corrected chi connectivity index (χ0v) is 18.4. The zero-order chi connectivity index (χ0) is 20.0. The Morgan fingerprint density at radius 1 is 0.786 bits per heavy atom. The predicted molar refractivity (Wildman–Crippen MR) is 124 cm³/mol. The fraction of sp³-hybridized carbons (Fsp3) is 0.250. The Kier molecular flexibility index (Phi) is 7.18. The minimum Gasteiger partial charge on any atom is -0.242 e. The first kappa shape index (κ1) is 20.9. The first-order valence-corrected chi connectivity index (χ1v) is 12.2. The molecular weight excluding hydrogens is 381 g/mol. The van der Waals surface area contributed by atoms with Crippen molar-refractivity contribution in [2.45, 2.75) is 31.6 Å². The summed E-state index contributed by atoms with van der Waals surface area (Å²) >= 11 is 0. The molecule has 0 fully saturated rings. The van der Waals surface area contributed by atoms with Gasteiger partial charge in [0.1, 0.15) is 0 Å². The Balaban J connectivity index is 1.97. The van der Waals surface area contributed by atoms with Gasteiger partial charge in [-0.2, -0.15) is 0 Å². The molecule has 28 heavy (non-hydrogen) atoms. The summed E-state index contributed by atoms with van der Waals surface area (Å²) in [4.78, 5) is 0. The Labute approximate surface area is 172 Å². The van der Waals surface area contributed by atoms with Crippen LogP contribution in [0.25, 0.3) is 0 Å². The maximum Gasteiger partial charge on any atom is 0.0976 e. The van der Waals surface area contributed by atoms with Crippen molar-refractivity contribution >= 4 is 29.5 Å². The predicted octanol–water partition coefficient (Wildman–Crippen LogP) is 4.91. The molecule has 0 radical (unpaired) electrons. The van der Waals surface area contributed by atoms with Gasteiger partial charge in [0.25, 0.3) is 0 Å². The lowest BCUT2D eigenvalue weighted by molar-refractivity contribution is 0.618. The summed E-state index contributed by atoms with van der Waals surface area (Å²) in [6, 6.07) is 31.8. The number of hydrogen-bond donors (Lipinski definition) is 1. The molecule has 0 bridgehead atoms. The highest BCUT2D eigenvalue weighted by molar-refractivity contribution is 7.84. The van der Waals surface area contributed by atoms with E-state index in [4.69, 9.17) is 0 Å². The maximum atomic E-state index is 12.9. The van der Waals surface area contributed by atoms with Crippen LogP contribution in [0.4, 0.5) is 0 Å². The summed E-state index contributed by atoms with van der Waals surface area (Å²) in [5, 5.41) is 2.68. The van der Waals surface area contributed by atoms with Gasteiger partial charge in [-0.1, -0.05) is 91.0 Å². The van der Waals surface area contributed by atoms with E-state index in [1.807, 2.05) is 26.8 Å². The molecule has 0 aliphatic carbocycles. The van der Waals surface area contributed by atoms with E-state index in [1.165, 1.54) is 16.2 Å². The second-order valence-electron chi connectivity index (χ2n) is 7.74. The second kappa shape index (κ2) is 9.60. The minimum absolute atomic E-state index is 0.0211. The smallest absolute Gasteiger partial charge is 0.0976 e. The summed E-state index contributed by atoms with van der Waals surface area (Å²) in [6.07, 6.45) is 0.898. The van der Waals surface area contributed by atoms with Gasteiger partial charge < -0.3 is 0 Å². The SMILES string of the molecule is CC(C)(C)[S@@](=O)N[C@@H](CP(c1ccccc1)c1ccccc1)c1ccccc1. The van der Waals surface area contributed by atoms with Gasteiger partial charge in [-0.25, -0.2) is 8.93 Å². The highest BCUT2D eigenvalue weighted by atomic mass is 32.2. The average Bonchev–Trinajstić information content (AvgIpc) is 2.72. The van der Waals surface area contributed by atoms with Crippen LogP contribution < -0.4 is 15.3 Å². The lowest BCUT2D eigenvalue weighted by atomic mass is 10.1. The van der Waals surface area contributed by atoms with Crippen molar-refractivity contribution < 1.29 is 4.21 Å². The van der Waals surface area contributed by atoms with Crippen molar-refractivity contribution in [2.75, 3.05) is 6.16 Å². The van der Waals surface area contributed by atoms with Crippen molar-refractivity contribution in [2.24, 2.45) is 0 Å². The van der Waals surface area contributed by atoms with Gasteiger partial charge in [0, 0.05) is 6.04 Å². The number of benzene rings is 3. The zero-order valence-electron chi connectivity index (χ0n) is 16.7. The Bertz CT molecular complexity index is 839. The van der Waals surface area contributed by atoms with Gasteiger partial charge in [0.2, 0.25) is 0 Å². The van der Waals surface area contributed by atoms with E-state index < -0.39 is 18.9 Å². The van der Waals surface area contributed by atoms with Gasteiger partial charge in [-0.15, -0.1) is 0 Å². The molecule has 3 rings (SSSR count). The lowest BCUT2D eigenvalue weighted by Gasteiger charge is -2.28. The van der Waals surface area contributed by atoms with Gasteiger partial charge in [-0.3, -0.25) is 0 Å². The van der Waals surface area contributed by atoms with E-state index in [0.29, 0.717) is 0 Å². The second-order valence-corrected chi connectivity index (χ2v) is 12.0. The van der Waals surface area contributed by atoms with Crippen LogP contribution in [0.2, 0.25) is 0 Å². The normalized spacial score (nSPS) is 14.0. The number of nitrogens with one attached hydrogen (secondary N) is 1. The van der Waals surface area contributed by atoms with Crippen molar-refractivity contribution in [3.63, 3.8) is 0 Å². The number of rotatable bonds is 7. The third-order valence-corrected chi connectivity index (χ3v) is 8.69. The van der Waals surface area contributed by atoms with Crippen LogP contribution in [0.1, 0.15) is 32.4 Å². The maximum absolute atomic E-state index is 12.9. The van der Waals surface area contributed by atoms with Crippen LogP contribution in [0.5, 0.6) is 0 Å². The van der Waals surface area contributed by atoms with Crippen molar-refractivity contribution in [1.82, 2.24) is 4.72 Å². The van der Waals surface area contributed by atoms with E-state index in [0.717, 1.165) is 6.16 Å². The molecule has 0 aromatic heterocycles. The Morgan fingerprint density at radius 2 is 1.21 bits per heavy atom. The van der Waals surface area contributed by atoms with E-state index in [9.17, 15) is 4.21 Å². The quantitative estimate of drug-likeness (QED) is 0.552. The molecule has 0 amide bonds. The molecule has 146 valence electrons. The first-order chi connectivity index (χ1) is 13.4. The van der Waals surface area contributed by atoms with Crippen molar-refractivity contribution in [3.8, 4) is 0 Å². The molecule has 0 heterocycles. The molecule has 0 aliphatic heterocycles. The first-order valence-electron chi connectivity index (χ1n) is 9.56. The monoisotopic (exact) mass is 409 g/mol. The van der Waals surface area contributed by atoms with Crippen LogP contribution in [0.15, 0.2) is 91.0 Å². The molecular formula is C24H28NOPS. The van der Waals surface area contributed by atoms with E-state index >= 15 is 0 Å². The summed E-state index contributed by atoms with van der Waals surface area (Å²) in [7, 11) is -1.71. The van der Waals surface area contributed by atoms with E-state index in [-0.39, 0.29) is 10.8 Å². The third-order valence-electron chi connectivity index (χ3n) is 4.51. The summed E-state index contributed by atoms with van der Waals surface area (Å²) in [5.41, 5.74) is 1.18. The molecule has 4 heteroatoms. The van der Waals surface area contributed by atoms with Gasteiger partial charge in [-0.05, 0) is 51.0 Å².